The molecule has 3 aromatic rings. The third kappa shape index (κ3) is 4.72. The Kier molecular flexibility index (Phi) is 6.66. The van der Waals surface area contributed by atoms with Crippen molar-refractivity contribution in [3.05, 3.63) is 77.4 Å². The van der Waals surface area contributed by atoms with Crippen molar-refractivity contribution in [2.75, 3.05) is 14.2 Å². The summed E-state index contributed by atoms with van der Waals surface area (Å²) in [6, 6.07) is 17.4. The number of benzene rings is 3. The molecule has 2 N–H and O–H groups in total. The smallest absolute Gasteiger partial charge is 0.308 e. The predicted molar refractivity (Wildman–Crippen MR) is 123 cm³/mol. The first-order valence-corrected chi connectivity index (χ1v) is 12.6. The van der Waals surface area contributed by atoms with Gasteiger partial charge in [0.1, 0.15) is 16.4 Å². The molecule has 0 atom stereocenters. The number of rotatable bonds is 7. The molecule has 0 aliphatic heterocycles. The van der Waals surface area contributed by atoms with Crippen molar-refractivity contribution in [3.63, 3.8) is 0 Å². The van der Waals surface area contributed by atoms with E-state index in [4.69, 9.17) is 18.2 Å². The molecular weight excluding hydrogens is 434 g/mol. The molecule has 6 nitrogen and oxygen atoms in total. The van der Waals surface area contributed by atoms with Crippen molar-refractivity contribution in [3.8, 4) is 11.5 Å². The second kappa shape index (κ2) is 8.92. The Bertz CT molecular complexity index is 1100. The van der Waals surface area contributed by atoms with E-state index in [1.165, 1.54) is 0 Å². The van der Waals surface area contributed by atoms with Gasteiger partial charge in [0.2, 0.25) is 0 Å². The van der Waals surface area contributed by atoms with Gasteiger partial charge in [0.25, 0.3) is 0 Å². The highest BCUT2D eigenvalue weighted by atomic mass is 32.3. The molecule has 0 radical (unpaired) electrons. The lowest BCUT2D eigenvalue weighted by Gasteiger charge is -2.35. The molecule has 0 aliphatic carbocycles. The van der Waals surface area contributed by atoms with E-state index in [2.05, 4.69) is 0 Å². The molecule has 0 saturated heterocycles. The van der Waals surface area contributed by atoms with E-state index in [0.717, 1.165) is 5.56 Å². The average molecular weight is 462 g/mol. The molecule has 31 heavy (non-hydrogen) atoms. The van der Waals surface area contributed by atoms with Gasteiger partial charge in [-0.1, -0.05) is 17.7 Å². The van der Waals surface area contributed by atoms with E-state index in [-0.39, 0.29) is 4.90 Å². The maximum atomic E-state index is 13.5. The predicted octanol–water partition coefficient (Wildman–Crippen LogP) is 5.05. The monoisotopic (exact) mass is 461 g/mol. The van der Waals surface area contributed by atoms with Crippen molar-refractivity contribution < 1.29 is 21.5 Å². The van der Waals surface area contributed by atoms with Crippen LogP contribution in [0, 0.1) is 20.8 Å². The number of ether oxygens (including phenoxy) is 2. The lowest BCUT2D eigenvalue weighted by atomic mass is 10.1. The molecule has 8 heteroatoms. The lowest BCUT2D eigenvalue weighted by molar-refractivity contribution is 0.414. The molecular formula is C23H27NO5S2. The van der Waals surface area contributed by atoms with Gasteiger partial charge in [0.05, 0.1) is 14.2 Å². The van der Waals surface area contributed by atoms with Gasteiger partial charge in [-0.2, -0.15) is 12.0 Å². The van der Waals surface area contributed by atoms with E-state index in [9.17, 15) is 8.42 Å². The number of nitrogens with two attached hydrogens (primary N) is 1. The first-order chi connectivity index (χ1) is 14.6. The standard InChI is InChI=1S/C23H27NO5S2/c1-16-14-17(2)23(18(3)15-16)31(25,26)29-30(24,21-10-6-19(27-4)7-11-21)22-12-8-20(28-5)9-13-22/h6-15H,24H2,1-5H3. The van der Waals surface area contributed by atoms with Gasteiger partial charge in [0.15, 0.2) is 0 Å². The van der Waals surface area contributed by atoms with Crippen molar-refractivity contribution >= 4 is 20.6 Å². The van der Waals surface area contributed by atoms with Gasteiger partial charge in [-0.15, -0.1) is 0 Å². The second-order valence-corrected chi connectivity index (χ2v) is 11.2. The maximum absolute atomic E-state index is 13.5. The van der Waals surface area contributed by atoms with Crippen LogP contribution < -0.4 is 14.6 Å². The van der Waals surface area contributed by atoms with Crippen LogP contribution in [0.1, 0.15) is 16.7 Å². The molecule has 0 aromatic heterocycles. The Morgan fingerprint density at radius 2 is 1.10 bits per heavy atom. The van der Waals surface area contributed by atoms with E-state index in [1.807, 2.05) is 19.1 Å². The summed E-state index contributed by atoms with van der Waals surface area (Å²) < 4.78 is 43.3. The van der Waals surface area contributed by atoms with Crippen molar-refractivity contribution in [2.24, 2.45) is 5.14 Å². The molecule has 0 heterocycles. The minimum Gasteiger partial charge on any atom is -0.497 e. The molecule has 0 spiro atoms. The highest BCUT2D eigenvalue weighted by molar-refractivity contribution is 8.31. The molecule has 3 rings (SSSR count). The third-order valence-corrected chi connectivity index (χ3v) is 9.53. The zero-order valence-electron chi connectivity index (χ0n) is 18.2. The summed E-state index contributed by atoms with van der Waals surface area (Å²) in [4.78, 5) is 1.23. The summed E-state index contributed by atoms with van der Waals surface area (Å²) in [6.45, 7) is 5.43. The Morgan fingerprint density at radius 3 is 1.45 bits per heavy atom. The van der Waals surface area contributed by atoms with Crippen molar-refractivity contribution in [2.45, 2.75) is 35.5 Å². The van der Waals surface area contributed by atoms with Gasteiger partial charge in [-0.3, -0.25) is 5.14 Å². The first kappa shape index (κ1) is 23.1. The number of methoxy groups -OCH3 is 2. The molecule has 0 aliphatic rings. The first-order valence-electron chi connectivity index (χ1n) is 9.54. The minimum atomic E-state index is -4.17. The molecule has 3 aromatic carbocycles. The van der Waals surface area contributed by atoms with Gasteiger partial charge in [0, 0.05) is 9.79 Å². The van der Waals surface area contributed by atoms with Crippen LogP contribution in [0.4, 0.5) is 0 Å². The fourth-order valence-electron chi connectivity index (χ4n) is 3.51. The Labute approximate surface area is 185 Å². The second-order valence-electron chi connectivity index (χ2n) is 7.20. The summed E-state index contributed by atoms with van der Waals surface area (Å²) in [5.74, 6) is 1.27. The summed E-state index contributed by atoms with van der Waals surface area (Å²) >= 11 is 0. The van der Waals surface area contributed by atoms with Crippen LogP contribution >= 0.6 is 10.5 Å². The van der Waals surface area contributed by atoms with Gasteiger partial charge in [-0.05, 0) is 90.9 Å². The van der Waals surface area contributed by atoms with Crippen LogP contribution in [-0.4, -0.2) is 22.6 Å². The molecule has 0 saturated carbocycles. The zero-order valence-corrected chi connectivity index (χ0v) is 19.8. The largest absolute Gasteiger partial charge is 0.497 e. The van der Waals surface area contributed by atoms with E-state index < -0.39 is 20.6 Å². The SMILES string of the molecule is COc1ccc(S(N)(OS(=O)(=O)c2c(C)cc(C)cc2C)c2ccc(OC)cc2)cc1. The van der Waals surface area contributed by atoms with Crippen LogP contribution in [0.25, 0.3) is 0 Å². The highest BCUT2D eigenvalue weighted by Gasteiger charge is 2.34. The fraction of sp³-hybridized carbons (Fsp3) is 0.217. The van der Waals surface area contributed by atoms with E-state index >= 15 is 0 Å². The number of aryl methyl sites for hydroxylation is 3. The summed E-state index contributed by atoms with van der Waals surface area (Å²) in [7, 11) is -3.95. The Hall–Kier alpha value is -2.52. The van der Waals surface area contributed by atoms with Crippen LogP contribution in [0.3, 0.4) is 0 Å². The number of hydrogen-bond acceptors (Lipinski definition) is 6. The topological polar surface area (TPSA) is 87.9 Å². The molecule has 0 unspecified atom stereocenters. The summed E-state index contributed by atoms with van der Waals surface area (Å²) in [5.41, 5.74) is 2.21. The average Bonchev–Trinajstić information content (AvgIpc) is 2.72. The lowest BCUT2D eigenvalue weighted by Crippen LogP contribution is -2.21. The van der Waals surface area contributed by atoms with Crippen LogP contribution in [0.5, 0.6) is 11.5 Å². The van der Waals surface area contributed by atoms with Crippen molar-refractivity contribution in [1.82, 2.24) is 0 Å². The van der Waals surface area contributed by atoms with Crippen molar-refractivity contribution in [1.29, 1.82) is 0 Å². The minimum absolute atomic E-state index is 0.141. The Balaban J connectivity index is 2.16. The van der Waals surface area contributed by atoms with Crippen LogP contribution in [0.2, 0.25) is 0 Å². The normalized spacial score (nSPS) is 12.5. The van der Waals surface area contributed by atoms with E-state index in [0.29, 0.717) is 32.4 Å². The molecule has 0 fully saturated rings. The van der Waals surface area contributed by atoms with Gasteiger partial charge < -0.3 is 9.47 Å². The number of hydrogen-bond donors (Lipinski definition) is 1. The summed E-state index contributed by atoms with van der Waals surface area (Å²) in [5, 5.41) is 6.78. The maximum Gasteiger partial charge on any atom is 0.308 e. The zero-order chi connectivity index (χ0) is 22.8. The quantitative estimate of drug-likeness (QED) is 0.530. The fourth-order valence-corrected chi connectivity index (χ4v) is 7.80. The third-order valence-electron chi connectivity index (χ3n) is 4.87. The molecule has 166 valence electrons. The molecule has 0 bridgehead atoms. The van der Waals surface area contributed by atoms with E-state index in [1.54, 1.807) is 76.6 Å². The molecule has 0 amide bonds. The summed E-state index contributed by atoms with van der Waals surface area (Å²) in [6.07, 6.45) is 0. The Morgan fingerprint density at radius 1 is 0.710 bits per heavy atom. The van der Waals surface area contributed by atoms with Gasteiger partial charge >= 0.3 is 10.1 Å². The highest BCUT2D eigenvalue weighted by Crippen LogP contribution is 2.59. The van der Waals surface area contributed by atoms with Crippen LogP contribution in [0.15, 0.2) is 75.4 Å². The van der Waals surface area contributed by atoms with Gasteiger partial charge in [-0.25, -0.2) is 0 Å². The van der Waals surface area contributed by atoms with Crippen LogP contribution in [-0.2, 0) is 13.7 Å².